The van der Waals surface area contributed by atoms with Crippen molar-refractivity contribution in [3.05, 3.63) is 59.8 Å². The molecule has 3 heterocycles. The van der Waals surface area contributed by atoms with Crippen molar-refractivity contribution >= 4 is 11.6 Å². The molecule has 0 amide bonds. The summed E-state index contributed by atoms with van der Waals surface area (Å²) in [7, 11) is 0. The minimum Gasteiger partial charge on any atom is -0.478 e. The lowest BCUT2D eigenvalue weighted by Gasteiger charge is -2.01. The summed E-state index contributed by atoms with van der Waals surface area (Å²) in [5.41, 5.74) is 2.04. The second kappa shape index (κ2) is 5.08. The van der Waals surface area contributed by atoms with Crippen molar-refractivity contribution in [1.29, 1.82) is 0 Å². The maximum absolute atomic E-state index is 11.0. The van der Waals surface area contributed by atoms with Gasteiger partial charge in [-0.2, -0.15) is 0 Å². The van der Waals surface area contributed by atoms with Crippen LogP contribution >= 0.6 is 0 Å². The van der Waals surface area contributed by atoms with Crippen LogP contribution in [0.3, 0.4) is 0 Å². The Morgan fingerprint density at radius 3 is 2.65 bits per heavy atom. The normalized spacial score (nSPS) is 10.8. The van der Waals surface area contributed by atoms with Crippen LogP contribution in [-0.4, -0.2) is 30.7 Å². The maximum atomic E-state index is 11.0. The van der Waals surface area contributed by atoms with E-state index in [1.165, 1.54) is 6.07 Å². The van der Waals surface area contributed by atoms with Gasteiger partial charge < -0.3 is 5.11 Å². The molecule has 0 saturated carbocycles. The summed E-state index contributed by atoms with van der Waals surface area (Å²) in [4.78, 5) is 15.0. The summed E-state index contributed by atoms with van der Waals surface area (Å²) in [6.07, 6.45) is 6.55. The van der Waals surface area contributed by atoms with Gasteiger partial charge in [0.15, 0.2) is 5.65 Å². The number of carboxylic acid groups (broad SMARTS) is 1. The number of hydrogen-bond acceptors (Lipinski definition) is 4. The second-order valence-corrected chi connectivity index (χ2v) is 4.42. The molecule has 6 nitrogen and oxygen atoms in total. The number of aryl methyl sites for hydroxylation is 2. The van der Waals surface area contributed by atoms with Crippen LogP contribution in [-0.2, 0) is 12.8 Å². The van der Waals surface area contributed by atoms with E-state index in [0.717, 1.165) is 17.8 Å². The number of aromatic nitrogens is 4. The highest BCUT2D eigenvalue weighted by molar-refractivity contribution is 5.87. The third kappa shape index (κ3) is 2.35. The average molecular weight is 268 g/mol. The molecule has 0 unspecified atom stereocenters. The highest BCUT2D eigenvalue weighted by atomic mass is 16.4. The molecule has 3 aromatic rings. The second-order valence-electron chi connectivity index (χ2n) is 4.42. The predicted octanol–water partition coefficient (Wildman–Crippen LogP) is 1.61. The van der Waals surface area contributed by atoms with Crippen LogP contribution < -0.4 is 0 Å². The molecular formula is C14H12N4O2. The molecule has 6 heteroatoms. The van der Waals surface area contributed by atoms with E-state index in [9.17, 15) is 4.79 Å². The van der Waals surface area contributed by atoms with Crippen LogP contribution in [0.4, 0.5) is 0 Å². The lowest BCUT2D eigenvalue weighted by atomic mass is 10.1. The predicted molar refractivity (Wildman–Crippen MR) is 71.6 cm³/mol. The van der Waals surface area contributed by atoms with Gasteiger partial charge in [-0.15, -0.1) is 10.2 Å². The molecular weight excluding hydrogens is 256 g/mol. The standard InChI is InChI=1S/C14H12N4O2/c19-14(20)11-2-4-13-17-16-12(18(13)9-11)3-1-10-5-7-15-8-6-10/h2,4-9H,1,3H2,(H,19,20). The summed E-state index contributed by atoms with van der Waals surface area (Å²) < 4.78 is 1.73. The average Bonchev–Trinajstić information content (AvgIpc) is 2.88. The molecule has 0 fully saturated rings. The van der Waals surface area contributed by atoms with Crippen LogP contribution in [0.15, 0.2) is 42.9 Å². The molecule has 3 rings (SSSR count). The molecule has 0 spiro atoms. The molecule has 1 N–H and O–H groups in total. The number of pyridine rings is 2. The molecule has 0 radical (unpaired) electrons. The topological polar surface area (TPSA) is 80.4 Å². The fraction of sp³-hybridized carbons (Fsp3) is 0.143. The Kier molecular flexibility index (Phi) is 3.12. The fourth-order valence-electron chi connectivity index (χ4n) is 2.04. The fourth-order valence-corrected chi connectivity index (χ4v) is 2.04. The van der Waals surface area contributed by atoms with Gasteiger partial charge in [-0.25, -0.2) is 4.79 Å². The molecule has 0 bridgehead atoms. The summed E-state index contributed by atoms with van der Waals surface area (Å²) in [6.45, 7) is 0. The Morgan fingerprint density at radius 2 is 1.90 bits per heavy atom. The van der Waals surface area contributed by atoms with Crippen LogP contribution in [0.5, 0.6) is 0 Å². The number of rotatable bonds is 4. The first-order chi connectivity index (χ1) is 9.74. The van der Waals surface area contributed by atoms with Gasteiger partial charge in [-0.05, 0) is 36.2 Å². The smallest absolute Gasteiger partial charge is 0.337 e. The SMILES string of the molecule is O=C(O)c1ccc2nnc(CCc3ccncc3)n2c1. The first kappa shape index (κ1) is 12.3. The van der Waals surface area contributed by atoms with Crippen molar-refractivity contribution in [2.45, 2.75) is 12.8 Å². The van der Waals surface area contributed by atoms with Gasteiger partial charge in [0.2, 0.25) is 0 Å². The third-order valence-corrected chi connectivity index (χ3v) is 3.11. The monoisotopic (exact) mass is 268 g/mol. The van der Waals surface area contributed by atoms with Gasteiger partial charge in [-0.1, -0.05) is 0 Å². The van der Waals surface area contributed by atoms with Crippen molar-refractivity contribution in [2.24, 2.45) is 0 Å². The van der Waals surface area contributed by atoms with Gasteiger partial charge in [-0.3, -0.25) is 9.38 Å². The molecule has 0 aliphatic heterocycles. The minimum atomic E-state index is -0.958. The number of nitrogens with zero attached hydrogens (tertiary/aromatic N) is 4. The molecule has 0 aliphatic carbocycles. The van der Waals surface area contributed by atoms with E-state index in [4.69, 9.17) is 5.11 Å². The van der Waals surface area contributed by atoms with Gasteiger partial charge in [0.25, 0.3) is 0 Å². The lowest BCUT2D eigenvalue weighted by molar-refractivity contribution is 0.0696. The highest BCUT2D eigenvalue weighted by Gasteiger charge is 2.09. The largest absolute Gasteiger partial charge is 0.478 e. The van der Waals surface area contributed by atoms with Crippen molar-refractivity contribution in [3.8, 4) is 0 Å². The lowest BCUT2D eigenvalue weighted by Crippen LogP contribution is -2.02. The molecule has 100 valence electrons. The number of fused-ring (bicyclic) bond motifs is 1. The molecule has 0 aromatic carbocycles. The van der Waals surface area contributed by atoms with E-state index in [2.05, 4.69) is 15.2 Å². The van der Waals surface area contributed by atoms with Crippen molar-refractivity contribution in [2.75, 3.05) is 0 Å². The van der Waals surface area contributed by atoms with E-state index >= 15 is 0 Å². The Balaban J connectivity index is 1.88. The van der Waals surface area contributed by atoms with E-state index in [0.29, 0.717) is 12.1 Å². The van der Waals surface area contributed by atoms with Crippen LogP contribution in [0, 0.1) is 0 Å². The summed E-state index contributed by atoms with van der Waals surface area (Å²) in [6, 6.07) is 7.09. The number of carbonyl (C=O) groups is 1. The summed E-state index contributed by atoms with van der Waals surface area (Å²) in [5, 5.41) is 17.2. The summed E-state index contributed by atoms with van der Waals surface area (Å²) >= 11 is 0. The van der Waals surface area contributed by atoms with E-state index in [1.54, 1.807) is 29.1 Å². The van der Waals surface area contributed by atoms with Crippen LogP contribution in [0.1, 0.15) is 21.7 Å². The molecule has 3 aromatic heterocycles. The Labute approximate surface area is 114 Å². The van der Waals surface area contributed by atoms with E-state index < -0.39 is 5.97 Å². The van der Waals surface area contributed by atoms with E-state index in [-0.39, 0.29) is 5.56 Å². The highest BCUT2D eigenvalue weighted by Crippen LogP contribution is 2.10. The van der Waals surface area contributed by atoms with Crippen molar-refractivity contribution < 1.29 is 9.90 Å². The Hall–Kier alpha value is -2.76. The Bertz CT molecular complexity index is 752. The maximum Gasteiger partial charge on any atom is 0.337 e. The number of aromatic carboxylic acids is 1. The molecule has 0 saturated heterocycles. The zero-order valence-electron chi connectivity index (χ0n) is 10.6. The quantitative estimate of drug-likeness (QED) is 0.777. The number of carboxylic acids is 1. The van der Waals surface area contributed by atoms with E-state index in [1.807, 2.05) is 12.1 Å². The van der Waals surface area contributed by atoms with Crippen LogP contribution in [0.2, 0.25) is 0 Å². The van der Waals surface area contributed by atoms with Crippen molar-refractivity contribution in [3.63, 3.8) is 0 Å². The van der Waals surface area contributed by atoms with Gasteiger partial charge >= 0.3 is 5.97 Å². The molecule has 0 aliphatic rings. The first-order valence-electron chi connectivity index (χ1n) is 6.20. The van der Waals surface area contributed by atoms with Gasteiger partial charge in [0.1, 0.15) is 5.82 Å². The number of hydrogen-bond donors (Lipinski definition) is 1. The minimum absolute atomic E-state index is 0.225. The third-order valence-electron chi connectivity index (χ3n) is 3.11. The van der Waals surface area contributed by atoms with Gasteiger partial charge in [0, 0.05) is 25.0 Å². The molecule has 20 heavy (non-hydrogen) atoms. The zero-order chi connectivity index (χ0) is 13.9. The molecule has 0 atom stereocenters. The Morgan fingerprint density at radius 1 is 1.10 bits per heavy atom. The summed E-state index contributed by atoms with van der Waals surface area (Å²) in [5.74, 6) is -0.208. The first-order valence-corrected chi connectivity index (χ1v) is 6.20. The van der Waals surface area contributed by atoms with Gasteiger partial charge in [0.05, 0.1) is 5.56 Å². The van der Waals surface area contributed by atoms with Crippen molar-refractivity contribution in [1.82, 2.24) is 19.6 Å². The van der Waals surface area contributed by atoms with Crippen LogP contribution in [0.25, 0.3) is 5.65 Å². The zero-order valence-corrected chi connectivity index (χ0v) is 10.6.